The van der Waals surface area contributed by atoms with E-state index in [2.05, 4.69) is 40.2 Å². The van der Waals surface area contributed by atoms with E-state index >= 15 is 0 Å². The Hall–Kier alpha value is 0.750. The topological polar surface area (TPSA) is 12.4 Å². The largest absolute Gasteiger partial charge is 0.286 e. The van der Waals surface area contributed by atoms with Crippen molar-refractivity contribution in [3.63, 3.8) is 0 Å². The number of thiol groups is 1. The van der Waals surface area contributed by atoms with Gasteiger partial charge < -0.3 is 0 Å². The molecule has 0 aromatic heterocycles. The molecule has 0 aromatic carbocycles. The molecule has 0 saturated carbocycles. The number of hydrogen-bond donors (Lipinski definition) is 1. The minimum atomic E-state index is 0.839. The second kappa shape index (κ2) is 5.75. The van der Waals surface area contributed by atoms with Crippen LogP contribution in [-0.4, -0.2) is 16.5 Å². The second-order valence-electron chi connectivity index (χ2n) is 0.727. The zero-order chi connectivity index (χ0) is 4.83. The average molecular weight is 215 g/mol. The molecule has 0 aliphatic carbocycles. The van der Waals surface area contributed by atoms with Crippen LogP contribution < -0.4 is 0 Å². The van der Waals surface area contributed by atoms with Crippen molar-refractivity contribution in [2.75, 3.05) is 12.3 Å². The Labute approximate surface area is 56.8 Å². The maximum Gasteiger partial charge on any atom is 0.0596 e. The molecular weight excluding hydrogens is 209 g/mol. The highest BCUT2D eigenvalue weighted by molar-refractivity contribution is 14.1. The van der Waals surface area contributed by atoms with Crippen molar-refractivity contribution in [2.24, 2.45) is 4.99 Å². The fraction of sp³-hybridized carbons (Fsp3) is 0.667. The Morgan fingerprint density at radius 3 is 2.67 bits per heavy atom. The van der Waals surface area contributed by atoms with Crippen LogP contribution in [0.1, 0.15) is 0 Å². The minimum Gasteiger partial charge on any atom is -0.286 e. The quantitative estimate of drug-likeness (QED) is 0.406. The SMILES string of the molecule is SCCN=CI. The van der Waals surface area contributed by atoms with E-state index in [4.69, 9.17) is 0 Å². The van der Waals surface area contributed by atoms with E-state index < -0.39 is 0 Å². The van der Waals surface area contributed by atoms with Crippen LogP contribution in [0, 0.1) is 0 Å². The maximum absolute atomic E-state index is 3.94. The highest BCUT2D eigenvalue weighted by atomic mass is 127. The predicted octanol–water partition coefficient (Wildman–Crippen LogP) is 1.38. The Morgan fingerprint density at radius 2 is 2.50 bits per heavy atom. The van der Waals surface area contributed by atoms with Crippen LogP contribution >= 0.6 is 35.2 Å². The molecule has 0 saturated heterocycles. The van der Waals surface area contributed by atoms with Crippen molar-refractivity contribution in [1.29, 1.82) is 0 Å². The average Bonchev–Trinajstić information content (AvgIpc) is 1.61. The molecule has 0 unspecified atom stereocenters. The van der Waals surface area contributed by atoms with Crippen LogP contribution in [0.25, 0.3) is 0 Å². The molecule has 36 valence electrons. The molecule has 0 heterocycles. The van der Waals surface area contributed by atoms with Crippen molar-refractivity contribution in [1.82, 2.24) is 0 Å². The monoisotopic (exact) mass is 215 g/mol. The molecule has 0 N–H and O–H groups in total. The van der Waals surface area contributed by atoms with Gasteiger partial charge in [0.2, 0.25) is 0 Å². The van der Waals surface area contributed by atoms with Crippen LogP contribution in [-0.2, 0) is 0 Å². The summed E-state index contributed by atoms with van der Waals surface area (Å²) in [5.41, 5.74) is 0. The summed E-state index contributed by atoms with van der Waals surface area (Å²) in [6.07, 6.45) is 0. The molecule has 0 atom stereocenters. The summed E-state index contributed by atoms with van der Waals surface area (Å²) in [7, 11) is 0. The first-order valence-electron chi connectivity index (χ1n) is 1.61. The summed E-state index contributed by atoms with van der Waals surface area (Å²) in [5.74, 6) is 0.847. The first-order valence-corrected chi connectivity index (χ1v) is 3.49. The third-order valence-corrected chi connectivity index (χ3v) is 0.892. The van der Waals surface area contributed by atoms with E-state index in [-0.39, 0.29) is 0 Å². The minimum absolute atomic E-state index is 0.839. The summed E-state index contributed by atoms with van der Waals surface area (Å²) < 4.78 is 1.76. The van der Waals surface area contributed by atoms with Gasteiger partial charge in [0, 0.05) is 12.3 Å². The van der Waals surface area contributed by atoms with Crippen LogP contribution in [0.3, 0.4) is 0 Å². The first-order chi connectivity index (χ1) is 2.91. The molecule has 1 nitrogen and oxygen atoms in total. The van der Waals surface area contributed by atoms with Gasteiger partial charge in [0.15, 0.2) is 0 Å². The van der Waals surface area contributed by atoms with E-state index in [1.54, 1.807) is 4.22 Å². The predicted molar refractivity (Wildman–Crippen MR) is 41.2 cm³/mol. The lowest BCUT2D eigenvalue weighted by molar-refractivity contribution is 1.17. The van der Waals surface area contributed by atoms with Gasteiger partial charge in [0.1, 0.15) is 0 Å². The first kappa shape index (κ1) is 6.75. The van der Waals surface area contributed by atoms with E-state index in [0.29, 0.717) is 0 Å². The van der Waals surface area contributed by atoms with Gasteiger partial charge in [0.05, 0.1) is 4.22 Å². The molecule has 0 bridgehead atoms. The molecule has 0 aliphatic heterocycles. The Morgan fingerprint density at radius 1 is 1.83 bits per heavy atom. The van der Waals surface area contributed by atoms with Gasteiger partial charge in [-0.2, -0.15) is 12.6 Å². The van der Waals surface area contributed by atoms with Crippen LogP contribution in [0.2, 0.25) is 0 Å². The number of nitrogens with zero attached hydrogens (tertiary/aromatic N) is 1. The molecule has 0 spiro atoms. The Bertz CT molecular complexity index is 46.1. The fourth-order valence-corrected chi connectivity index (χ4v) is 0.501. The van der Waals surface area contributed by atoms with Gasteiger partial charge in [-0.05, 0) is 22.6 Å². The van der Waals surface area contributed by atoms with Gasteiger partial charge in [-0.25, -0.2) is 0 Å². The van der Waals surface area contributed by atoms with E-state index in [1.165, 1.54) is 0 Å². The molecule has 0 amide bonds. The molecule has 0 aromatic rings. The number of hydrogen-bond acceptors (Lipinski definition) is 2. The fourth-order valence-electron chi connectivity index (χ4n) is 0.107. The van der Waals surface area contributed by atoms with Gasteiger partial charge in [-0.3, -0.25) is 4.99 Å². The van der Waals surface area contributed by atoms with E-state index in [0.717, 1.165) is 12.3 Å². The third-order valence-electron chi connectivity index (χ3n) is 0.298. The number of aliphatic imine (C=N–C) groups is 1. The Kier molecular flexibility index (Phi) is 6.47. The normalized spacial score (nSPS) is 10.3. The number of halogens is 1. The molecule has 0 rings (SSSR count). The maximum atomic E-state index is 3.94. The lowest BCUT2D eigenvalue weighted by Gasteiger charge is -1.76. The van der Waals surface area contributed by atoms with Crippen molar-refractivity contribution in [2.45, 2.75) is 0 Å². The third kappa shape index (κ3) is 4.75. The highest BCUT2D eigenvalue weighted by Gasteiger charge is 1.66. The molecule has 0 fully saturated rings. The lowest BCUT2D eigenvalue weighted by Crippen LogP contribution is -1.76. The van der Waals surface area contributed by atoms with E-state index in [1.807, 2.05) is 0 Å². The summed E-state index contributed by atoms with van der Waals surface area (Å²) in [6, 6.07) is 0. The Balaban J connectivity index is 2.66. The van der Waals surface area contributed by atoms with Gasteiger partial charge >= 0.3 is 0 Å². The molecule has 3 heteroatoms. The summed E-state index contributed by atoms with van der Waals surface area (Å²) in [4.78, 5) is 3.88. The van der Waals surface area contributed by atoms with Crippen molar-refractivity contribution in [3.8, 4) is 0 Å². The van der Waals surface area contributed by atoms with Crippen LogP contribution in [0.15, 0.2) is 4.99 Å². The highest BCUT2D eigenvalue weighted by Crippen LogP contribution is 1.76. The summed E-state index contributed by atoms with van der Waals surface area (Å²) in [5, 5.41) is 0. The standard InChI is InChI=1S/C3H6INS/c4-3-5-1-2-6/h3,6H,1-2H2. The zero-order valence-electron chi connectivity index (χ0n) is 3.26. The van der Waals surface area contributed by atoms with Gasteiger partial charge in [0.25, 0.3) is 0 Å². The smallest absolute Gasteiger partial charge is 0.0596 e. The zero-order valence-corrected chi connectivity index (χ0v) is 6.32. The molecule has 0 aliphatic rings. The van der Waals surface area contributed by atoms with Crippen molar-refractivity contribution >= 4 is 39.4 Å². The summed E-state index contributed by atoms with van der Waals surface area (Å²) in [6.45, 7) is 0.839. The summed E-state index contributed by atoms with van der Waals surface area (Å²) >= 11 is 6.02. The molecule has 6 heavy (non-hydrogen) atoms. The van der Waals surface area contributed by atoms with Gasteiger partial charge in [-0.1, -0.05) is 0 Å². The van der Waals surface area contributed by atoms with Crippen LogP contribution in [0.5, 0.6) is 0 Å². The van der Waals surface area contributed by atoms with Gasteiger partial charge in [-0.15, -0.1) is 0 Å². The second-order valence-corrected chi connectivity index (χ2v) is 1.73. The van der Waals surface area contributed by atoms with Crippen molar-refractivity contribution in [3.05, 3.63) is 0 Å². The number of rotatable bonds is 2. The lowest BCUT2D eigenvalue weighted by atomic mass is 10.8. The molecular formula is C3H6INS. The van der Waals surface area contributed by atoms with E-state index in [9.17, 15) is 0 Å². The molecule has 0 radical (unpaired) electrons. The van der Waals surface area contributed by atoms with Crippen molar-refractivity contribution < 1.29 is 0 Å². The van der Waals surface area contributed by atoms with Crippen LogP contribution in [0.4, 0.5) is 0 Å².